The summed E-state index contributed by atoms with van der Waals surface area (Å²) in [6.45, 7) is 2.04. The van der Waals surface area contributed by atoms with Crippen molar-refractivity contribution in [3.05, 3.63) is 54.5 Å². The molecule has 1 saturated carbocycles. The van der Waals surface area contributed by atoms with Gasteiger partial charge < -0.3 is 4.42 Å². The van der Waals surface area contributed by atoms with Crippen LogP contribution in [0.2, 0.25) is 0 Å². The Bertz CT molecular complexity index is 820. The topological polar surface area (TPSA) is 53.8 Å². The Morgan fingerprint density at radius 1 is 1.12 bits per heavy atom. The van der Waals surface area contributed by atoms with Gasteiger partial charge in [0, 0.05) is 19.1 Å². The molecule has 2 aliphatic rings. The summed E-state index contributed by atoms with van der Waals surface area (Å²) in [5.41, 5.74) is 0. The van der Waals surface area contributed by atoms with Gasteiger partial charge in [-0.25, -0.2) is 8.42 Å². The summed E-state index contributed by atoms with van der Waals surface area (Å²) in [4.78, 5) is 2.74. The van der Waals surface area contributed by atoms with Crippen LogP contribution in [0, 0.1) is 11.8 Å². The van der Waals surface area contributed by atoms with Gasteiger partial charge in [0.15, 0.2) is 0 Å². The molecular formula is C20H26N2O3S. The van der Waals surface area contributed by atoms with Gasteiger partial charge in [0.1, 0.15) is 5.76 Å². The van der Waals surface area contributed by atoms with E-state index in [9.17, 15) is 8.42 Å². The lowest BCUT2D eigenvalue weighted by Crippen LogP contribution is -2.43. The van der Waals surface area contributed by atoms with Crippen molar-refractivity contribution in [3.8, 4) is 0 Å². The number of sulfonamides is 1. The molecule has 1 saturated heterocycles. The van der Waals surface area contributed by atoms with Crippen LogP contribution >= 0.6 is 0 Å². The lowest BCUT2D eigenvalue weighted by atomic mass is 9.77. The van der Waals surface area contributed by atoms with Crippen LogP contribution in [0.25, 0.3) is 0 Å². The van der Waals surface area contributed by atoms with E-state index in [2.05, 4.69) is 11.9 Å². The fourth-order valence-electron chi connectivity index (χ4n) is 4.65. The number of hydrogen-bond donors (Lipinski definition) is 0. The number of fused-ring (bicyclic) bond motifs is 1. The molecule has 140 valence electrons. The van der Waals surface area contributed by atoms with Gasteiger partial charge in [-0.1, -0.05) is 24.6 Å². The maximum Gasteiger partial charge on any atom is 0.243 e. The molecule has 0 N–H and O–H groups in total. The Hall–Kier alpha value is -1.63. The van der Waals surface area contributed by atoms with Crippen molar-refractivity contribution >= 4 is 10.0 Å². The van der Waals surface area contributed by atoms with Crippen LogP contribution in [0.3, 0.4) is 0 Å². The molecule has 26 heavy (non-hydrogen) atoms. The summed E-state index contributed by atoms with van der Waals surface area (Å²) in [5, 5.41) is 0. The molecule has 4 rings (SSSR count). The molecule has 1 aromatic carbocycles. The van der Waals surface area contributed by atoms with Crippen LogP contribution in [0.15, 0.2) is 58.0 Å². The molecule has 0 bridgehead atoms. The van der Waals surface area contributed by atoms with E-state index in [1.807, 2.05) is 18.2 Å². The van der Waals surface area contributed by atoms with Gasteiger partial charge in [-0.3, -0.25) is 4.90 Å². The molecule has 0 amide bonds. The second-order valence-electron chi connectivity index (χ2n) is 7.55. The van der Waals surface area contributed by atoms with Crippen molar-refractivity contribution < 1.29 is 12.8 Å². The van der Waals surface area contributed by atoms with Crippen molar-refractivity contribution in [3.63, 3.8) is 0 Å². The summed E-state index contributed by atoms with van der Waals surface area (Å²) >= 11 is 0. The SMILES string of the molecule is CN(Cc1ccco1)C1CCCC2CN(S(=O)(=O)c3ccccc3)CC21. The highest BCUT2D eigenvalue weighted by molar-refractivity contribution is 7.89. The molecule has 2 aromatic rings. The number of benzene rings is 1. The van der Waals surface area contributed by atoms with Gasteiger partial charge in [0.05, 0.1) is 17.7 Å². The zero-order chi connectivity index (χ0) is 18.1. The Labute approximate surface area is 155 Å². The van der Waals surface area contributed by atoms with Gasteiger partial charge in [-0.05, 0) is 56.0 Å². The zero-order valence-corrected chi connectivity index (χ0v) is 15.9. The van der Waals surface area contributed by atoms with E-state index in [0.717, 1.165) is 31.6 Å². The maximum absolute atomic E-state index is 13.0. The van der Waals surface area contributed by atoms with Crippen LogP contribution in [0.5, 0.6) is 0 Å². The molecule has 5 nitrogen and oxygen atoms in total. The van der Waals surface area contributed by atoms with Crippen molar-refractivity contribution in [1.82, 2.24) is 9.21 Å². The van der Waals surface area contributed by atoms with Crippen LogP contribution < -0.4 is 0 Å². The minimum atomic E-state index is -3.40. The Morgan fingerprint density at radius 3 is 2.65 bits per heavy atom. The molecule has 2 heterocycles. The molecule has 0 spiro atoms. The molecule has 6 heteroatoms. The predicted molar refractivity (Wildman–Crippen MR) is 100.0 cm³/mol. The Balaban J connectivity index is 1.51. The van der Waals surface area contributed by atoms with Crippen LogP contribution in [-0.4, -0.2) is 43.8 Å². The molecule has 1 aromatic heterocycles. The van der Waals surface area contributed by atoms with Gasteiger partial charge in [-0.15, -0.1) is 0 Å². The average Bonchev–Trinajstić information content (AvgIpc) is 3.31. The van der Waals surface area contributed by atoms with E-state index >= 15 is 0 Å². The van der Waals surface area contributed by atoms with E-state index < -0.39 is 10.0 Å². The monoisotopic (exact) mass is 374 g/mol. The van der Waals surface area contributed by atoms with Gasteiger partial charge in [0.25, 0.3) is 0 Å². The Morgan fingerprint density at radius 2 is 1.92 bits per heavy atom. The van der Waals surface area contributed by atoms with E-state index in [1.165, 1.54) is 0 Å². The average molecular weight is 375 g/mol. The van der Waals surface area contributed by atoms with Crippen LogP contribution in [0.4, 0.5) is 0 Å². The van der Waals surface area contributed by atoms with Crippen molar-refractivity contribution in [2.45, 2.75) is 36.7 Å². The second kappa shape index (κ2) is 7.18. The highest BCUT2D eigenvalue weighted by atomic mass is 32.2. The first kappa shape index (κ1) is 17.8. The first-order valence-electron chi connectivity index (χ1n) is 9.33. The van der Waals surface area contributed by atoms with E-state index in [0.29, 0.717) is 35.9 Å². The first-order valence-corrected chi connectivity index (χ1v) is 10.8. The fourth-order valence-corrected chi connectivity index (χ4v) is 6.21. The normalized spacial score (nSPS) is 26.9. The van der Waals surface area contributed by atoms with Crippen LogP contribution in [-0.2, 0) is 16.6 Å². The van der Waals surface area contributed by atoms with Gasteiger partial charge in [0.2, 0.25) is 10.0 Å². The molecule has 0 radical (unpaired) electrons. The number of nitrogens with zero attached hydrogens (tertiary/aromatic N) is 2. The largest absolute Gasteiger partial charge is 0.468 e. The second-order valence-corrected chi connectivity index (χ2v) is 9.49. The highest BCUT2D eigenvalue weighted by Gasteiger charge is 2.45. The number of rotatable bonds is 5. The van der Waals surface area contributed by atoms with Crippen molar-refractivity contribution in [2.75, 3.05) is 20.1 Å². The minimum absolute atomic E-state index is 0.391. The number of hydrogen-bond acceptors (Lipinski definition) is 4. The summed E-state index contributed by atoms with van der Waals surface area (Å²) in [7, 11) is -1.27. The lowest BCUT2D eigenvalue weighted by molar-refractivity contribution is 0.0999. The lowest BCUT2D eigenvalue weighted by Gasteiger charge is -2.38. The molecular weight excluding hydrogens is 348 g/mol. The van der Waals surface area contributed by atoms with E-state index in [-0.39, 0.29) is 0 Å². The summed E-state index contributed by atoms with van der Waals surface area (Å²) in [6.07, 6.45) is 5.11. The quantitative estimate of drug-likeness (QED) is 0.806. The molecule has 1 aliphatic heterocycles. The fraction of sp³-hybridized carbons (Fsp3) is 0.500. The summed E-state index contributed by atoms with van der Waals surface area (Å²) in [6, 6.07) is 13.1. The third kappa shape index (κ3) is 3.33. The van der Waals surface area contributed by atoms with Crippen molar-refractivity contribution in [2.24, 2.45) is 11.8 Å². The maximum atomic E-state index is 13.0. The standard InChI is InChI=1S/C20H26N2O3S/c1-21(14-17-8-6-12-25-17)20-11-5-7-16-13-22(15-19(16)20)26(23,24)18-9-3-2-4-10-18/h2-4,6,8-10,12,16,19-20H,5,7,11,13-15H2,1H3. The molecule has 1 aliphatic carbocycles. The van der Waals surface area contributed by atoms with Crippen LogP contribution in [0.1, 0.15) is 25.0 Å². The van der Waals surface area contributed by atoms with Crippen molar-refractivity contribution in [1.29, 1.82) is 0 Å². The third-order valence-corrected chi connectivity index (χ3v) is 7.81. The molecule has 3 unspecified atom stereocenters. The van der Waals surface area contributed by atoms with E-state index in [1.54, 1.807) is 34.8 Å². The van der Waals surface area contributed by atoms with Gasteiger partial charge in [-0.2, -0.15) is 4.31 Å². The third-order valence-electron chi connectivity index (χ3n) is 5.96. The highest BCUT2D eigenvalue weighted by Crippen LogP contribution is 2.40. The summed E-state index contributed by atoms with van der Waals surface area (Å²) in [5.74, 6) is 1.80. The minimum Gasteiger partial charge on any atom is -0.468 e. The summed E-state index contributed by atoms with van der Waals surface area (Å²) < 4.78 is 33.2. The first-order chi connectivity index (χ1) is 12.6. The number of furan rings is 1. The van der Waals surface area contributed by atoms with E-state index in [4.69, 9.17) is 4.42 Å². The zero-order valence-electron chi connectivity index (χ0n) is 15.1. The molecule has 3 atom stereocenters. The Kier molecular flexibility index (Phi) is 4.90. The smallest absolute Gasteiger partial charge is 0.243 e. The predicted octanol–water partition coefficient (Wildman–Crippen LogP) is 3.20. The van der Waals surface area contributed by atoms with Gasteiger partial charge >= 0.3 is 0 Å². The molecule has 2 fully saturated rings.